The van der Waals surface area contributed by atoms with Crippen molar-refractivity contribution in [1.29, 1.82) is 0 Å². The van der Waals surface area contributed by atoms with E-state index < -0.39 is 0 Å². The summed E-state index contributed by atoms with van der Waals surface area (Å²) in [5.41, 5.74) is 0. The van der Waals surface area contributed by atoms with Crippen LogP contribution in [0, 0.1) is 0 Å². The van der Waals surface area contributed by atoms with Gasteiger partial charge >= 0.3 is 0 Å². The summed E-state index contributed by atoms with van der Waals surface area (Å²) in [6.07, 6.45) is 2.11. The van der Waals surface area contributed by atoms with Crippen molar-refractivity contribution in [2.45, 2.75) is 11.4 Å². The molecule has 0 aliphatic carbocycles. The van der Waals surface area contributed by atoms with E-state index in [4.69, 9.17) is 0 Å². The topological polar surface area (TPSA) is 0 Å². The number of thioether (sulfide) groups is 1. The SMILES string of the molecule is C[SiH2]c1ccc(SC)cc1. The maximum absolute atomic E-state index is 2.31. The smallest absolute Gasteiger partial charge is 0.0517 e. The average Bonchev–Trinajstić information content (AvgIpc) is 2.05. The molecule has 0 unspecified atom stereocenters. The Hall–Kier alpha value is -0.213. The number of hydrogen-bond acceptors (Lipinski definition) is 1. The van der Waals surface area contributed by atoms with Gasteiger partial charge in [0.1, 0.15) is 0 Å². The molecule has 0 saturated carbocycles. The lowest BCUT2D eigenvalue weighted by molar-refractivity contribution is 1.49. The minimum Gasteiger partial charge on any atom is -0.130 e. The molecule has 0 aliphatic heterocycles. The maximum Gasteiger partial charge on any atom is 0.0517 e. The van der Waals surface area contributed by atoms with Gasteiger partial charge in [0, 0.05) is 4.90 Å². The molecule has 0 fully saturated rings. The van der Waals surface area contributed by atoms with Crippen LogP contribution in [0.4, 0.5) is 0 Å². The first kappa shape index (κ1) is 7.89. The Morgan fingerprint density at radius 3 is 2.20 bits per heavy atom. The van der Waals surface area contributed by atoms with Gasteiger partial charge in [-0.3, -0.25) is 0 Å². The van der Waals surface area contributed by atoms with Crippen LogP contribution in [0.15, 0.2) is 29.2 Å². The molecule has 1 rings (SSSR count). The molecule has 0 atom stereocenters. The molecule has 0 saturated heterocycles. The van der Waals surface area contributed by atoms with E-state index in [0.29, 0.717) is 0 Å². The van der Waals surface area contributed by atoms with Crippen molar-refractivity contribution in [2.24, 2.45) is 0 Å². The second-order valence-electron chi connectivity index (χ2n) is 2.20. The highest BCUT2D eigenvalue weighted by Gasteiger charge is 1.89. The third-order valence-corrected chi connectivity index (χ3v) is 3.60. The van der Waals surface area contributed by atoms with Crippen LogP contribution >= 0.6 is 11.8 Å². The lowest BCUT2D eigenvalue weighted by Gasteiger charge is -1.96. The largest absolute Gasteiger partial charge is 0.130 e. The van der Waals surface area contributed by atoms with Crippen molar-refractivity contribution in [3.63, 3.8) is 0 Å². The van der Waals surface area contributed by atoms with Crippen LogP contribution in [0.2, 0.25) is 6.55 Å². The van der Waals surface area contributed by atoms with Crippen molar-refractivity contribution in [2.75, 3.05) is 6.26 Å². The zero-order chi connectivity index (χ0) is 7.40. The van der Waals surface area contributed by atoms with Gasteiger partial charge in [-0.2, -0.15) is 0 Å². The summed E-state index contributed by atoms with van der Waals surface area (Å²) in [4.78, 5) is 1.37. The van der Waals surface area contributed by atoms with Crippen LogP contribution in [0.5, 0.6) is 0 Å². The van der Waals surface area contributed by atoms with Crippen molar-refractivity contribution < 1.29 is 0 Å². The average molecular weight is 168 g/mol. The second-order valence-corrected chi connectivity index (χ2v) is 4.60. The van der Waals surface area contributed by atoms with E-state index in [2.05, 4.69) is 37.1 Å². The molecular formula is C8H12SSi. The van der Waals surface area contributed by atoms with Gasteiger partial charge in [-0.05, 0) is 18.4 Å². The normalized spacial score (nSPS) is 11.0. The van der Waals surface area contributed by atoms with Gasteiger partial charge in [0.15, 0.2) is 0 Å². The van der Waals surface area contributed by atoms with Crippen molar-refractivity contribution in [1.82, 2.24) is 0 Å². The van der Waals surface area contributed by atoms with Crippen LogP contribution in [0.1, 0.15) is 0 Å². The molecule has 0 aromatic heterocycles. The molecule has 0 bridgehead atoms. The van der Waals surface area contributed by atoms with E-state index >= 15 is 0 Å². The van der Waals surface area contributed by atoms with Gasteiger partial charge in [0.2, 0.25) is 0 Å². The summed E-state index contributed by atoms with van der Waals surface area (Å²) >= 11 is 1.80. The molecule has 0 heterocycles. The molecule has 0 nitrogen and oxygen atoms in total. The third kappa shape index (κ3) is 1.89. The number of benzene rings is 1. The maximum atomic E-state index is 2.31. The first-order valence-corrected chi connectivity index (χ1v) is 6.84. The predicted molar refractivity (Wildman–Crippen MR) is 52.3 cm³/mol. The van der Waals surface area contributed by atoms with Gasteiger partial charge in [-0.15, -0.1) is 11.8 Å². The van der Waals surface area contributed by atoms with Gasteiger partial charge in [0.25, 0.3) is 0 Å². The molecular weight excluding hydrogens is 156 g/mol. The Bertz CT molecular complexity index is 170. The summed E-state index contributed by atoms with van der Waals surface area (Å²) in [5.74, 6) is 0. The first-order chi connectivity index (χ1) is 4.86. The van der Waals surface area contributed by atoms with E-state index in [-0.39, 0.29) is 9.52 Å². The quantitative estimate of drug-likeness (QED) is 0.473. The minimum absolute atomic E-state index is 0.0584. The molecule has 2 heteroatoms. The highest BCUT2D eigenvalue weighted by molar-refractivity contribution is 7.98. The molecule has 1 aromatic carbocycles. The standard InChI is InChI=1S/C8H12SSi/c1-9-7-3-5-8(10-2)6-4-7/h3-6H,10H2,1-2H3. The number of rotatable bonds is 2. The molecule has 0 N–H and O–H groups in total. The zero-order valence-corrected chi connectivity index (χ0v) is 8.66. The second kappa shape index (κ2) is 3.83. The summed E-state index contributed by atoms with van der Waals surface area (Å²) < 4.78 is 0. The lowest BCUT2D eigenvalue weighted by atomic mass is 10.4. The molecule has 0 aliphatic rings. The Labute approximate surface area is 68.9 Å². The van der Waals surface area contributed by atoms with Crippen LogP contribution in [0.25, 0.3) is 0 Å². The summed E-state index contributed by atoms with van der Waals surface area (Å²) in [7, 11) is 0.0584. The highest BCUT2D eigenvalue weighted by Crippen LogP contribution is 2.10. The number of hydrogen-bond donors (Lipinski definition) is 0. The molecule has 0 radical (unpaired) electrons. The van der Waals surface area contributed by atoms with Crippen LogP contribution < -0.4 is 5.19 Å². The van der Waals surface area contributed by atoms with Crippen molar-refractivity contribution in [3.05, 3.63) is 24.3 Å². The van der Waals surface area contributed by atoms with Crippen LogP contribution in [0.3, 0.4) is 0 Å². The predicted octanol–water partition coefficient (Wildman–Crippen LogP) is 1.25. The van der Waals surface area contributed by atoms with Gasteiger partial charge in [-0.25, -0.2) is 0 Å². The molecule has 1 aromatic rings. The highest BCUT2D eigenvalue weighted by atomic mass is 32.2. The fraction of sp³-hybridized carbons (Fsp3) is 0.250. The Morgan fingerprint density at radius 1 is 1.20 bits per heavy atom. The molecule has 54 valence electrons. The molecule has 0 amide bonds. The Morgan fingerprint density at radius 2 is 1.80 bits per heavy atom. The minimum atomic E-state index is 0.0584. The molecule has 10 heavy (non-hydrogen) atoms. The lowest BCUT2D eigenvalue weighted by Crippen LogP contribution is -2.08. The van der Waals surface area contributed by atoms with Crippen LogP contribution in [-0.4, -0.2) is 15.8 Å². The van der Waals surface area contributed by atoms with Gasteiger partial charge in [0.05, 0.1) is 9.52 Å². The van der Waals surface area contributed by atoms with E-state index in [1.165, 1.54) is 4.90 Å². The monoisotopic (exact) mass is 168 g/mol. The van der Waals surface area contributed by atoms with Crippen LogP contribution in [-0.2, 0) is 0 Å². The van der Waals surface area contributed by atoms with Crippen molar-refractivity contribution >= 4 is 26.5 Å². The van der Waals surface area contributed by atoms with Crippen molar-refractivity contribution in [3.8, 4) is 0 Å². The van der Waals surface area contributed by atoms with E-state index in [0.717, 1.165) is 0 Å². The zero-order valence-electron chi connectivity index (χ0n) is 6.42. The van der Waals surface area contributed by atoms with E-state index in [1.807, 2.05) is 0 Å². The third-order valence-electron chi connectivity index (χ3n) is 1.57. The van der Waals surface area contributed by atoms with E-state index in [1.54, 1.807) is 16.9 Å². The Balaban J connectivity index is 2.80. The Kier molecular flexibility index (Phi) is 3.03. The van der Waals surface area contributed by atoms with Gasteiger partial charge < -0.3 is 0 Å². The first-order valence-electron chi connectivity index (χ1n) is 3.49. The van der Waals surface area contributed by atoms with Gasteiger partial charge in [-0.1, -0.05) is 23.9 Å². The fourth-order valence-corrected chi connectivity index (χ4v) is 1.98. The molecule has 0 spiro atoms. The summed E-state index contributed by atoms with van der Waals surface area (Å²) in [6, 6.07) is 8.91. The summed E-state index contributed by atoms with van der Waals surface area (Å²) in [5, 5.41) is 1.55. The fourth-order valence-electron chi connectivity index (χ4n) is 0.861. The summed E-state index contributed by atoms with van der Waals surface area (Å²) in [6.45, 7) is 2.31. The van der Waals surface area contributed by atoms with E-state index in [9.17, 15) is 0 Å².